The van der Waals surface area contributed by atoms with Gasteiger partial charge in [-0.05, 0) is 42.7 Å². The van der Waals surface area contributed by atoms with Crippen molar-refractivity contribution in [1.82, 2.24) is 9.80 Å². The summed E-state index contributed by atoms with van der Waals surface area (Å²) in [5, 5.41) is 3.01. The van der Waals surface area contributed by atoms with Crippen LogP contribution in [0.1, 0.15) is 31.1 Å². The standard InChI is InChI=1S/C20H27N3O2/c1-2-3-5-17-7-9-18(10-8-17)21-20(24)23-13-11-22(12-14-23)16-19-6-4-15-25-19/h4,6-10,15H,2-3,5,11-14,16H2,1H3,(H,21,24). The minimum atomic E-state index is -0.0149. The maximum absolute atomic E-state index is 12.4. The Morgan fingerprint density at radius 2 is 1.88 bits per heavy atom. The lowest BCUT2D eigenvalue weighted by Crippen LogP contribution is -2.49. The number of furan rings is 1. The molecule has 5 heteroatoms. The summed E-state index contributed by atoms with van der Waals surface area (Å²) in [6, 6.07) is 12.1. The van der Waals surface area contributed by atoms with Crippen LogP contribution in [-0.4, -0.2) is 42.0 Å². The van der Waals surface area contributed by atoms with Gasteiger partial charge in [-0.3, -0.25) is 4.90 Å². The van der Waals surface area contributed by atoms with Gasteiger partial charge in [0.15, 0.2) is 0 Å². The molecule has 2 heterocycles. The fourth-order valence-corrected chi connectivity index (χ4v) is 3.07. The highest BCUT2D eigenvalue weighted by Gasteiger charge is 2.21. The number of benzene rings is 1. The number of hydrogen-bond donors (Lipinski definition) is 1. The Morgan fingerprint density at radius 1 is 1.12 bits per heavy atom. The Balaban J connectivity index is 1.44. The molecule has 2 aromatic rings. The summed E-state index contributed by atoms with van der Waals surface area (Å²) in [4.78, 5) is 16.6. The molecule has 0 unspecified atom stereocenters. The fourth-order valence-electron chi connectivity index (χ4n) is 3.07. The van der Waals surface area contributed by atoms with Gasteiger partial charge in [0, 0.05) is 31.9 Å². The molecule has 5 nitrogen and oxygen atoms in total. The first kappa shape index (κ1) is 17.5. The van der Waals surface area contributed by atoms with E-state index < -0.39 is 0 Å². The maximum Gasteiger partial charge on any atom is 0.321 e. The van der Waals surface area contributed by atoms with Crippen molar-refractivity contribution in [2.75, 3.05) is 31.5 Å². The third-order valence-electron chi connectivity index (χ3n) is 4.64. The van der Waals surface area contributed by atoms with Gasteiger partial charge in [-0.25, -0.2) is 4.79 Å². The molecule has 0 bridgehead atoms. The highest BCUT2D eigenvalue weighted by molar-refractivity contribution is 5.89. The van der Waals surface area contributed by atoms with Crippen molar-refractivity contribution in [2.24, 2.45) is 0 Å². The SMILES string of the molecule is CCCCc1ccc(NC(=O)N2CCN(Cc3ccco3)CC2)cc1. The minimum Gasteiger partial charge on any atom is -0.468 e. The molecular formula is C20H27N3O2. The number of piperazine rings is 1. The van der Waals surface area contributed by atoms with Crippen molar-refractivity contribution < 1.29 is 9.21 Å². The summed E-state index contributed by atoms with van der Waals surface area (Å²) < 4.78 is 5.39. The van der Waals surface area contributed by atoms with Gasteiger partial charge in [-0.2, -0.15) is 0 Å². The summed E-state index contributed by atoms with van der Waals surface area (Å²) in [7, 11) is 0. The van der Waals surface area contributed by atoms with Crippen LogP contribution in [-0.2, 0) is 13.0 Å². The zero-order valence-electron chi connectivity index (χ0n) is 14.9. The van der Waals surface area contributed by atoms with E-state index in [-0.39, 0.29) is 6.03 Å². The van der Waals surface area contributed by atoms with Crippen molar-refractivity contribution in [3.05, 3.63) is 54.0 Å². The fraction of sp³-hybridized carbons (Fsp3) is 0.450. The van der Waals surface area contributed by atoms with Crippen LogP contribution in [0.3, 0.4) is 0 Å². The Kier molecular flexibility index (Phi) is 6.12. The van der Waals surface area contributed by atoms with Crippen molar-refractivity contribution in [3.8, 4) is 0 Å². The number of unbranched alkanes of at least 4 members (excludes halogenated alkanes) is 1. The molecule has 3 rings (SSSR count). The number of carbonyl (C=O) groups excluding carboxylic acids is 1. The summed E-state index contributed by atoms with van der Waals surface area (Å²) >= 11 is 0. The first-order chi connectivity index (χ1) is 12.2. The first-order valence-electron chi connectivity index (χ1n) is 9.14. The molecule has 0 aliphatic carbocycles. The van der Waals surface area contributed by atoms with Crippen molar-refractivity contribution in [1.29, 1.82) is 0 Å². The number of rotatable bonds is 6. The van der Waals surface area contributed by atoms with Gasteiger partial charge >= 0.3 is 6.03 Å². The van der Waals surface area contributed by atoms with E-state index >= 15 is 0 Å². The third kappa shape index (κ3) is 5.10. The third-order valence-corrected chi connectivity index (χ3v) is 4.64. The number of amides is 2. The number of nitrogens with zero attached hydrogens (tertiary/aromatic N) is 2. The smallest absolute Gasteiger partial charge is 0.321 e. The average molecular weight is 341 g/mol. The van der Waals surface area contributed by atoms with Crippen LogP contribution in [0, 0.1) is 0 Å². The van der Waals surface area contributed by atoms with Crippen LogP contribution < -0.4 is 5.32 Å². The van der Waals surface area contributed by atoms with Crippen LogP contribution in [0.15, 0.2) is 47.1 Å². The lowest BCUT2D eigenvalue weighted by molar-refractivity contribution is 0.137. The largest absolute Gasteiger partial charge is 0.468 e. The van der Waals surface area contributed by atoms with E-state index in [1.54, 1.807) is 6.26 Å². The Bertz CT molecular complexity index is 644. The first-order valence-corrected chi connectivity index (χ1v) is 9.14. The van der Waals surface area contributed by atoms with Gasteiger partial charge < -0.3 is 14.6 Å². The van der Waals surface area contributed by atoms with E-state index in [0.717, 1.165) is 50.6 Å². The molecule has 1 aromatic heterocycles. The molecular weight excluding hydrogens is 314 g/mol. The van der Waals surface area contributed by atoms with Crippen LogP contribution in [0.25, 0.3) is 0 Å². The number of aryl methyl sites for hydroxylation is 1. The predicted octanol–water partition coefficient (Wildman–Crippen LogP) is 3.97. The quantitative estimate of drug-likeness (QED) is 0.865. The summed E-state index contributed by atoms with van der Waals surface area (Å²) in [6.45, 7) is 6.21. The number of hydrogen-bond acceptors (Lipinski definition) is 3. The average Bonchev–Trinajstić information content (AvgIpc) is 3.15. The maximum atomic E-state index is 12.4. The summed E-state index contributed by atoms with van der Waals surface area (Å²) in [6.07, 6.45) is 5.20. The lowest BCUT2D eigenvalue weighted by atomic mass is 10.1. The molecule has 1 fully saturated rings. The Hall–Kier alpha value is -2.27. The van der Waals surface area contributed by atoms with Crippen LogP contribution in [0.5, 0.6) is 0 Å². The molecule has 0 saturated carbocycles. The van der Waals surface area contributed by atoms with Crippen molar-refractivity contribution in [3.63, 3.8) is 0 Å². The molecule has 0 spiro atoms. The van der Waals surface area contributed by atoms with Gasteiger partial charge in [0.25, 0.3) is 0 Å². The van der Waals surface area contributed by atoms with E-state index in [1.165, 1.54) is 18.4 Å². The van der Waals surface area contributed by atoms with E-state index in [4.69, 9.17) is 4.42 Å². The second kappa shape index (κ2) is 8.72. The number of anilines is 1. The minimum absolute atomic E-state index is 0.0149. The molecule has 0 radical (unpaired) electrons. The summed E-state index contributed by atoms with van der Waals surface area (Å²) in [5.74, 6) is 0.973. The van der Waals surface area contributed by atoms with Crippen LogP contribution in [0.2, 0.25) is 0 Å². The molecule has 1 N–H and O–H groups in total. The molecule has 1 aliphatic heterocycles. The number of nitrogens with one attached hydrogen (secondary N) is 1. The molecule has 1 aromatic carbocycles. The molecule has 0 atom stereocenters. The zero-order chi connectivity index (χ0) is 17.5. The number of carbonyl (C=O) groups is 1. The lowest BCUT2D eigenvalue weighted by Gasteiger charge is -2.34. The molecule has 1 saturated heterocycles. The van der Waals surface area contributed by atoms with Crippen molar-refractivity contribution >= 4 is 11.7 Å². The van der Waals surface area contributed by atoms with Gasteiger partial charge in [-0.1, -0.05) is 25.5 Å². The molecule has 2 amide bonds. The second-order valence-corrected chi connectivity index (χ2v) is 6.57. The van der Waals surface area contributed by atoms with Gasteiger partial charge in [0.05, 0.1) is 12.8 Å². The highest BCUT2D eigenvalue weighted by Crippen LogP contribution is 2.14. The van der Waals surface area contributed by atoms with E-state index in [2.05, 4.69) is 29.3 Å². The molecule has 25 heavy (non-hydrogen) atoms. The van der Waals surface area contributed by atoms with Gasteiger partial charge in [0.1, 0.15) is 5.76 Å². The summed E-state index contributed by atoms with van der Waals surface area (Å²) in [5.41, 5.74) is 2.19. The van der Waals surface area contributed by atoms with Gasteiger partial charge in [0.2, 0.25) is 0 Å². The second-order valence-electron chi connectivity index (χ2n) is 6.57. The molecule has 1 aliphatic rings. The van der Waals surface area contributed by atoms with Gasteiger partial charge in [-0.15, -0.1) is 0 Å². The van der Waals surface area contributed by atoms with Crippen LogP contribution >= 0.6 is 0 Å². The predicted molar refractivity (Wildman–Crippen MR) is 99.6 cm³/mol. The van der Waals surface area contributed by atoms with E-state index in [9.17, 15) is 4.79 Å². The van der Waals surface area contributed by atoms with E-state index in [1.807, 2.05) is 29.2 Å². The highest BCUT2D eigenvalue weighted by atomic mass is 16.3. The topological polar surface area (TPSA) is 48.7 Å². The number of urea groups is 1. The molecule has 134 valence electrons. The monoisotopic (exact) mass is 341 g/mol. The van der Waals surface area contributed by atoms with Crippen molar-refractivity contribution in [2.45, 2.75) is 32.7 Å². The zero-order valence-corrected chi connectivity index (χ0v) is 14.9. The Morgan fingerprint density at radius 3 is 2.52 bits per heavy atom. The Labute approximate surface area is 149 Å². The van der Waals surface area contributed by atoms with E-state index in [0.29, 0.717) is 0 Å². The normalized spacial score (nSPS) is 15.3. The van der Waals surface area contributed by atoms with Crippen LogP contribution in [0.4, 0.5) is 10.5 Å².